The summed E-state index contributed by atoms with van der Waals surface area (Å²) in [7, 11) is 0. The van der Waals surface area contributed by atoms with E-state index in [0.29, 0.717) is 16.8 Å². The zero-order valence-electron chi connectivity index (χ0n) is 18.8. The Balaban J connectivity index is 1.34. The van der Waals surface area contributed by atoms with Crippen molar-refractivity contribution in [1.29, 1.82) is 0 Å². The van der Waals surface area contributed by atoms with Gasteiger partial charge in [0.15, 0.2) is 5.17 Å². The van der Waals surface area contributed by atoms with Gasteiger partial charge >= 0.3 is 0 Å². The number of hydrogen-bond acceptors (Lipinski definition) is 5. The first kappa shape index (κ1) is 21.9. The Labute approximate surface area is 198 Å². The minimum atomic E-state index is -0.708. The molecular formula is C26H28N4O2S. The number of amides is 2. The highest BCUT2D eigenvalue weighted by atomic mass is 32.2. The van der Waals surface area contributed by atoms with Gasteiger partial charge in [-0.3, -0.25) is 14.6 Å². The molecule has 0 unspecified atom stereocenters. The average molecular weight is 461 g/mol. The summed E-state index contributed by atoms with van der Waals surface area (Å²) in [6, 6.07) is 15.6. The van der Waals surface area contributed by atoms with E-state index in [1.807, 2.05) is 24.3 Å². The lowest BCUT2D eigenvalue weighted by Gasteiger charge is -2.25. The lowest BCUT2D eigenvalue weighted by molar-refractivity contribution is -0.129. The van der Waals surface area contributed by atoms with Gasteiger partial charge in [0, 0.05) is 17.4 Å². The monoisotopic (exact) mass is 460 g/mol. The first-order chi connectivity index (χ1) is 16.1. The Morgan fingerprint density at radius 3 is 2.64 bits per heavy atom. The van der Waals surface area contributed by atoms with Gasteiger partial charge in [-0.25, -0.2) is 9.89 Å². The number of carbonyl (C=O) groups is 2. The van der Waals surface area contributed by atoms with E-state index in [1.165, 1.54) is 29.3 Å². The normalized spacial score (nSPS) is 20.1. The summed E-state index contributed by atoms with van der Waals surface area (Å²) in [6.45, 7) is 2.06. The van der Waals surface area contributed by atoms with Crippen molar-refractivity contribution in [2.45, 2.75) is 63.3 Å². The van der Waals surface area contributed by atoms with Crippen LogP contribution in [-0.4, -0.2) is 39.8 Å². The van der Waals surface area contributed by atoms with Crippen LogP contribution < -0.4 is 5.32 Å². The van der Waals surface area contributed by atoms with E-state index in [2.05, 4.69) is 36.5 Å². The van der Waals surface area contributed by atoms with Crippen molar-refractivity contribution in [3.63, 3.8) is 0 Å². The number of carbonyl (C=O) groups excluding carboxylic acids is 2. The summed E-state index contributed by atoms with van der Waals surface area (Å²) < 4.78 is 0. The molecule has 33 heavy (non-hydrogen) atoms. The van der Waals surface area contributed by atoms with Crippen molar-refractivity contribution in [2.24, 2.45) is 9.98 Å². The topological polar surface area (TPSA) is 74.1 Å². The number of benzene rings is 2. The third-order valence-corrected chi connectivity index (χ3v) is 7.40. The number of fused-ring (bicyclic) bond motifs is 3. The van der Waals surface area contributed by atoms with Crippen molar-refractivity contribution in [3.8, 4) is 0 Å². The molecule has 2 aromatic rings. The molecule has 1 fully saturated rings. The molecule has 2 amide bonds. The van der Waals surface area contributed by atoms with E-state index >= 15 is 0 Å². The fourth-order valence-electron chi connectivity index (χ4n) is 4.57. The van der Waals surface area contributed by atoms with Gasteiger partial charge in [0.25, 0.3) is 5.91 Å². The minimum Gasteiger partial charge on any atom is -0.353 e. The largest absolute Gasteiger partial charge is 0.353 e. The van der Waals surface area contributed by atoms with E-state index < -0.39 is 6.04 Å². The summed E-state index contributed by atoms with van der Waals surface area (Å²) in [5, 5.41) is 3.73. The molecule has 3 aliphatic rings. The third kappa shape index (κ3) is 4.74. The van der Waals surface area contributed by atoms with Gasteiger partial charge in [-0.2, -0.15) is 0 Å². The predicted molar refractivity (Wildman–Crippen MR) is 133 cm³/mol. The van der Waals surface area contributed by atoms with Crippen LogP contribution in [0, 0.1) is 6.92 Å². The number of rotatable bonds is 5. The number of aliphatic imine (C=N–C) groups is 2. The fraction of sp³-hybridized carbons (Fsp3) is 0.385. The van der Waals surface area contributed by atoms with E-state index in [9.17, 15) is 9.59 Å². The molecule has 0 spiro atoms. The molecule has 1 saturated carbocycles. The molecule has 0 radical (unpaired) electrons. The second-order valence-electron chi connectivity index (χ2n) is 8.93. The number of thioether (sulfide) groups is 1. The smallest absolute Gasteiger partial charge is 0.259 e. The van der Waals surface area contributed by atoms with Crippen LogP contribution >= 0.6 is 11.8 Å². The molecule has 2 heterocycles. The number of nitrogens with zero attached hydrogens (tertiary/aromatic N) is 3. The second-order valence-corrected chi connectivity index (χ2v) is 9.88. The Morgan fingerprint density at radius 2 is 1.85 bits per heavy atom. The van der Waals surface area contributed by atoms with Gasteiger partial charge in [0.1, 0.15) is 11.9 Å². The van der Waals surface area contributed by atoms with Gasteiger partial charge in [-0.15, -0.1) is 0 Å². The SMILES string of the molecule is Cc1ccc(CSC2=Nc3ccccc3C3=N[C@@H](CC(=O)NC4CCCCC4)C(=O)N23)cc1. The van der Waals surface area contributed by atoms with Crippen LogP contribution in [0.1, 0.15) is 55.2 Å². The molecule has 170 valence electrons. The molecule has 1 atom stereocenters. The zero-order chi connectivity index (χ0) is 22.8. The van der Waals surface area contributed by atoms with Gasteiger partial charge in [-0.05, 0) is 37.5 Å². The minimum absolute atomic E-state index is 0.0768. The van der Waals surface area contributed by atoms with Crippen LogP contribution in [0.2, 0.25) is 0 Å². The lowest BCUT2D eigenvalue weighted by Crippen LogP contribution is -2.43. The van der Waals surface area contributed by atoms with Gasteiger partial charge in [-0.1, -0.05) is 73.0 Å². The number of nitrogens with one attached hydrogen (secondary N) is 1. The Bertz CT molecular complexity index is 1120. The van der Waals surface area contributed by atoms with Gasteiger partial charge < -0.3 is 5.32 Å². The molecule has 1 N–H and O–H groups in total. The van der Waals surface area contributed by atoms with Crippen LogP contribution in [0.4, 0.5) is 5.69 Å². The van der Waals surface area contributed by atoms with Gasteiger partial charge in [0.05, 0.1) is 12.1 Å². The number of para-hydroxylation sites is 1. The lowest BCUT2D eigenvalue weighted by atomic mass is 9.95. The van der Waals surface area contributed by atoms with Gasteiger partial charge in [0.2, 0.25) is 5.91 Å². The van der Waals surface area contributed by atoms with Crippen LogP contribution in [0.3, 0.4) is 0 Å². The Hall–Kier alpha value is -2.93. The first-order valence-corrected chi connectivity index (χ1v) is 12.6. The van der Waals surface area contributed by atoms with Crippen LogP contribution in [0.15, 0.2) is 58.5 Å². The van der Waals surface area contributed by atoms with Crippen LogP contribution in [0.5, 0.6) is 0 Å². The van der Waals surface area contributed by atoms with Crippen molar-refractivity contribution in [3.05, 3.63) is 65.2 Å². The maximum Gasteiger partial charge on any atom is 0.259 e. The highest BCUT2D eigenvalue weighted by Crippen LogP contribution is 2.35. The summed E-state index contributed by atoms with van der Waals surface area (Å²) in [5.74, 6) is 1.04. The molecule has 0 bridgehead atoms. The number of amidine groups is 2. The van der Waals surface area contributed by atoms with Crippen molar-refractivity contribution in [2.75, 3.05) is 0 Å². The number of hydrogen-bond donors (Lipinski definition) is 1. The molecule has 0 saturated heterocycles. The average Bonchev–Trinajstić information content (AvgIpc) is 3.15. The third-order valence-electron chi connectivity index (χ3n) is 6.39. The number of aryl methyl sites for hydroxylation is 1. The highest BCUT2D eigenvalue weighted by molar-refractivity contribution is 8.13. The maximum atomic E-state index is 13.4. The van der Waals surface area contributed by atoms with E-state index in [-0.39, 0.29) is 24.3 Å². The summed E-state index contributed by atoms with van der Waals surface area (Å²) in [5.41, 5.74) is 4.02. The first-order valence-electron chi connectivity index (χ1n) is 11.7. The van der Waals surface area contributed by atoms with E-state index in [4.69, 9.17) is 9.98 Å². The molecule has 7 heteroatoms. The second kappa shape index (κ2) is 9.51. The van der Waals surface area contributed by atoms with Crippen molar-refractivity contribution >= 4 is 40.3 Å². The molecule has 1 aliphatic carbocycles. The van der Waals surface area contributed by atoms with E-state index in [0.717, 1.165) is 36.9 Å². The molecular weight excluding hydrogens is 432 g/mol. The zero-order valence-corrected chi connectivity index (χ0v) is 19.6. The molecule has 6 nitrogen and oxygen atoms in total. The molecule has 0 aromatic heterocycles. The van der Waals surface area contributed by atoms with Crippen LogP contribution in [0.25, 0.3) is 0 Å². The quantitative estimate of drug-likeness (QED) is 0.701. The van der Waals surface area contributed by atoms with Crippen molar-refractivity contribution in [1.82, 2.24) is 10.2 Å². The van der Waals surface area contributed by atoms with E-state index in [1.54, 1.807) is 4.90 Å². The fourth-order valence-corrected chi connectivity index (χ4v) is 5.53. The standard InChI is InChI=1S/C26H28N4O2S/c1-17-11-13-18(14-12-17)16-33-26-29-21-10-6-5-9-20(21)24-28-22(25(32)30(24)26)15-23(31)27-19-7-3-2-4-8-19/h5-6,9-14,19,22H,2-4,7-8,15-16H2,1H3,(H,27,31)/t22-/m0/s1. The molecule has 2 aliphatic heterocycles. The maximum absolute atomic E-state index is 13.4. The molecule has 5 rings (SSSR count). The molecule has 2 aromatic carbocycles. The summed E-state index contributed by atoms with van der Waals surface area (Å²) in [4.78, 5) is 37.2. The van der Waals surface area contributed by atoms with Crippen LogP contribution in [-0.2, 0) is 15.3 Å². The predicted octanol–water partition coefficient (Wildman–Crippen LogP) is 4.73. The summed E-state index contributed by atoms with van der Waals surface area (Å²) in [6.07, 6.45) is 5.65. The van der Waals surface area contributed by atoms with Crippen molar-refractivity contribution < 1.29 is 9.59 Å². The summed E-state index contributed by atoms with van der Waals surface area (Å²) >= 11 is 1.52. The highest BCUT2D eigenvalue weighted by Gasteiger charge is 2.42. The Morgan fingerprint density at radius 1 is 1.09 bits per heavy atom. The Kier molecular flexibility index (Phi) is 6.31.